The van der Waals surface area contributed by atoms with Crippen LogP contribution in [0.5, 0.6) is 5.75 Å². The van der Waals surface area contributed by atoms with E-state index < -0.39 is 0 Å². The third-order valence-electron chi connectivity index (χ3n) is 6.22. The summed E-state index contributed by atoms with van der Waals surface area (Å²) in [6.45, 7) is 6.17. The molecule has 0 saturated heterocycles. The zero-order chi connectivity index (χ0) is 21.6. The summed E-state index contributed by atoms with van der Waals surface area (Å²) in [6.07, 6.45) is 2.42. The maximum Gasteiger partial charge on any atom is 0.121 e. The van der Waals surface area contributed by atoms with E-state index in [1.165, 1.54) is 40.8 Å². The van der Waals surface area contributed by atoms with E-state index in [9.17, 15) is 0 Å². The van der Waals surface area contributed by atoms with Crippen LogP contribution in [-0.2, 0) is 13.0 Å². The largest absolute Gasteiger partial charge is 0.489 e. The number of ether oxygens (including phenoxy) is 1. The van der Waals surface area contributed by atoms with Crippen LogP contribution in [0.2, 0.25) is 0 Å². The van der Waals surface area contributed by atoms with Gasteiger partial charge in [0, 0.05) is 24.8 Å². The van der Waals surface area contributed by atoms with Crippen molar-refractivity contribution in [3.05, 3.63) is 83.9 Å². The van der Waals surface area contributed by atoms with Crippen molar-refractivity contribution < 1.29 is 4.74 Å². The lowest BCUT2D eigenvalue weighted by molar-refractivity contribution is 0.305. The van der Waals surface area contributed by atoms with Crippen LogP contribution in [0.25, 0.3) is 11.1 Å². The lowest BCUT2D eigenvalue weighted by atomic mass is 9.90. The molecule has 3 aromatic rings. The van der Waals surface area contributed by atoms with Gasteiger partial charge in [-0.15, -0.1) is 24.8 Å². The minimum Gasteiger partial charge on any atom is -0.489 e. The Morgan fingerprint density at radius 1 is 0.909 bits per heavy atom. The smallest absolute Gasteiger partial charge is 0.121 e. The maximum atomic E-state index is 6.17. The van der Waals surface area contributed by atoms with Crippen LogP contribution in [0.15, 0.2) is 72.8 Å². The molecular weight excluding hydrogens is 451 g/mol. The molecule has 0 amide bonds. The van der Waals surface area contributed by atoms with E-state index in [0.717, 1.165) is 31.3 Å². The zero-order valence-corrected chi connectivity index (χ0v) is 21.5. The van der Waals surface area contributed by atoms with E-state index in [-0.39, 0.29) is 24.8 Å². The first-order valence-corrected chi connectivity index (χ1v) is 11.4. The van der Waals surface area contributed by atoms with Crippen LogP contribution in [0, 0.1) is 5.92 Å². The summed E-state index contributed by atoms with van der Waals surface area (Å²) < 4.78 is 6.17. The number of halogens is 2. The molecule has 1 heterocycles. The molecule has 1 aliphatic heterocycles. The number of fused-ring (bicyclic) bond motifs is 1. The van der Waals surface area contributed by atoms with Crippen molar-refractivity contribution >= 4 is 30.5 Å². The van der Waals surface area contributed by atoms with E-state index in [1.54, 1.807) is 0 Å². The minimum atomic E-state index is 0. The summed E-state index contributed by atoms with van der Waals surface area (Å²) in [5, 5.41) is 0. The summed E-state index contributed by atoms with van der Waals surface area (Å²) >= 11 is 0. The van der Waals surface area contributed by atoms with Crippen molar-refractivity contribution in [1.29, 1.82) is 0 Å². The average molecular weight is 488 g/mol. The Kier molecular flexibility index (Phi) is 10.6. The highest BCUT2D eigenvalue weighted by Gasteiger charge is 2.24. The van der Waals surface area contributed by atoms with Gasteiger partial charge in [0.2, 0.25) is 0 Å². The molecule has 1 atom stereocenters. The molecule has 3 nitrogen and oxygen atoms in total. The second-order valence-electron chi connectivity index (χ2n) is 8.84. The van der Waals surface area contributed by atoms with Crippen LogP contribution >= 0.6 is 24.8 Å². The molecule has 0 bridgehead atoms. The fourth-order valence-electron chi connectivity index (χ4n) is 4.41. The Morgan fingerprint density at radius 2 is 1.61 bits per heavy atom. The van der Waals surface area contributed by atoms with Crippen LogP contribution in [-0.4, -0.2) is 38.6 Å². The third-order valence-corrected chi connectivity index (χ3v) is 6.22. The molecule has 4 rings (SSSR count). The summed E-state index contributed by atoms with van der Waals surface area (Å²) in [4.78, 5) is 4.80. The van der Waals surface area contributed by atoms with E-state index in [2.05, 4.69) is 97.5 Å². The Bertz CT molecular complexity index is 977. The molecule has 1 unspecified atom stereocenters. The van der Waals surface area contributed by atoms with Gasteiger partial charge in [-0.05, 0) is 74.6 Å². The van der Waals surface area contributed by atoms with Gasteiger partial charge in [-0.2, -0.15) is 0 Å². The molecule has 5 heteroatoms. The first-order chi connectivity index (χ1) is 15.1. The van der Waals surface area contributed by atoms with E-state index in [4.69, 9.17) is 4.74 Å². The van der Waals surface area contributed by atoms with Gasteiger partial charge >= 0.3 is 0 Å². The van der Waals surface area contributed by atoms with Crippen LogP contribution in [0.1, 0.15) is 24.5 Å². The molecule has 0 radical (unpaired) electrons. The summed E-state index contributed by atoms with van der Waals surface area (Å²) in [5.74, 6) is 1.68. The number of rotatable bonds is 8. The number of anilines is 1. The fourth-order valence-corrected chi connectivity index (χ4v) is 4.41. The second-order valence-corrected chi connectivity index (χ2v) is 8.84. The summed E-state index contributed by atoms with van der Waals surface area (Å²) in [6, 6.07) is 25.8. The van der Waals surface area contributed by atoms with Crippen molar-refractivity contribution in [2.75, 3.05) is 38.6 Å². The molecule has 0 fully saturated rings. The van der Waals surface area contributed by atoms with Crippen LogP contribution in [0.4, 0.5) is 5.69 Å². The molecule has 33 heavy (non-hydrogen) atoms. The molecule has 3 aromatic carbocycles. The van der Waals surface area contributed by atoms with Crippen molar-refractivity contribution in [3.63, 3.8) is 0 Å². The average Bonchev–Trinajstić information content (AvgIpc) is 2.81. The van der Waals surface area contributed by atoms with Crippen molar-refractivity contribution in [2.24, 2.45) is 5.92 Å². The molecule has 0 aliphatic carbocycles. The van der Waals surface area contributed by atoms with Gasteiger partial charge in [0.25, 0.3) is 0 Å². The van der Waals surface area contributed by atoms with Crippen molar-refractivity contribution in [1.82, 2.24) is 4.90 Å². The third kappa shape index (κ3) is 7.14. The van der Waals surface area contributed by atoms with Crippen molar-refractivity contribution in [3.8, 4) is 16.9 Å². The Labute approximate surface area is 211 Å². The Morgan fingerprint density at radius 3 is 2.27 bits per heavy atom. The molecule has 0 N–H and O–H groups in total. The first kappa shape index (κ1) is 27.0. The predicted molar refractivity (Wildman–Crippen MR) is 145 cm³/mol. The number of nitrogens with zero attached hydrogens (tertiary/aromatic N) is 2. The topological polar surface area (TPSA) is 15.7 Å². The SMILES string of the molecule is CCN1CC(CCN(C)C)Cc2ccc(OCc3ccc(-c4ccccc4)cc3)cc21.Cl.Cl. The Balaban J connectivity index is 0.00000193. The highest BCUT2D eigenvalue weighted by atomic mass is 35.5. The lowest BCUT2D eigenvalue weighted by Crippen LogP contribution is -2.36. The molecule has 0 aromatic heterocycles. The standard InChI is InChI=1S/C28H34N2O.2ClH/c1-4-30-20-23(16-17-29(2)3)18-26-14-15-27(19-28(26)30)31-21-22-10-12-25(13-11-22)24-8-6-5-7-9-24;;/h5-15,19,23H,4,16-18,20-21H2,1-3H3;2*1H. The van der Waals surface area contributed by atoms with Crippen LogP contribution in [0.3, 0.4) is 0 Å². The molecular formula is C28H36Cl2N2O. The fraction of sp³-hybridized carbons (Fsp3) is 0.357. The van der Waals surface area contributed by atoms with Gasteiger partial charge in [-0.1, -0.05) is 60.7 Å². The Hall–Kier alpha value is -2.20. The molecule has 178 valence electrons. The second kappa shape index (κ2) is 12.9. The number of benzene rings is 3. The van der Waals surface area contributed by atoms with Gasteiger partial charge in [0.05, 0.1) is 0 Å². The molecule has 1 aliphatic rings. The quantitative estimate of drug-likeness (QED) is 0.351. The van der Waals surface area contributed by atoms with Gasteiger partial charge in [-0.25, -0.2) is 0 Å². The number of hydrogen-bond donors (Lipinski definition) is 0. The number of hydrogen-bond acceptors (Lipinski definition) is 3. The normalized spacial score (nSPS) is 14.8. The molecule has 0 spiro atoms. The first-order valence-electron chi connectivity index (χ1n) is 11.4. The van der Waals surface area contributed by atoms with Gasteiger partial charge in [0.1, 0.15) is 12.4 Å². The van der Waals surface area contributed by atoms with Gasteiger partial charge < -0.3 is 14.5 Å². The minimum absolute atomic E-state index is 0. The summed E-state index contributed by atoms with van der Waals surface area (Å²) in [5.41, 5.74) is 6.47. The van der Waals surface area contributed by atoms with Gasteiger partial charge in [-0.3, -0.25) is 0 Å². The maximum absolute atomic E-state index is 6.17. The van der Waals surface area contributed by atoms with Crippen LogP contribution < -0.4 is 9.64 Å². The van der Waals surface area contributed by atoms with E-state index >= 15 is 0 Å². The lowest BCUT2D eigenvalue weighted by Gasteiger charge is -2.36. The predicted octanol–water partition coefficient (Wildman–Crippen LogP) is 6.73. The zero-order valence-electron chi connectivity index (χ0n) is 19.9. The van der Waals surface area contributed by atoms with Crippen molar-refractivity contribution in [2.45, 2.75) is 26.4 Å². The van der Waals surface area contributed by atoms with Gasteiger partial charge in [0.15, 0.2) is 0 Å². The highest BCUT2D eigenvalue weighted by molar-refractivity contribution is 5.85. The highest BCUT2D eigenvalue weighted by Crippen LogP contribution is 2.34. The van der Waals surface area contributed by atoms with E-state index in [1.807, 2.05) is 6.07 Å². The summed E-state index contributed by atoms with van der Waals surface area (Å²) in [7, 11) is 4.32. The molecule has 0 saturated carbocycles. The van der Waals surface area contributed by atoms with E-state index in [0.29, 0.717) is 6.61 Å². The monoisotopic (exact) mass is 486 g/mol.